The third-order valence-electron chi connectivity index (χ3n) is 4.71. The van der Waals surface area contributed by atoms with Crippen molar-refractivity contribution in [1.29, 1.82) is 0 Å². The van der Waals surface area contributed by atoms with Gasteiger partial charge in [-0.05, 0) is 6.08 Å². The highest BCUT2D eigenvalue weighted by atomic mass is 16.5. The van der Waals surface area contributed by atoms with Gasteiger partial charge in [-0.25, -0.2) is 0 Å². The quantitative estimate of drug-likeness (QED) is 0.667. The number of hydrogen-bond acceptors (Lipinski definition) is 4. The minimum absolute atomic E-state index is 0.115. The maximum Gasteiger partial charge on any atom is 0.270 e. The molecule has 0 saturated carbocycles. The second-order valence-electron chi connectivity index (χ2n) is 6.63. The first-order valence-corrected chi connectivity index (χ1v) is 9.13. The van der Waals surface area contributed by atoms with Crippen molar-refractivity contribution >= 4 is 22.9 Å². The summed E-state index contributed by atoms with van der Waals surface area (Å²) in [6.45, 7) is 5.09. The fraction of sp³-hybridized carbons (Fsp3) is 0.238. The maximum atomic E-state index is 12.9. The van der Waals surface area contributed by atoms with Crippen LogP contribution in [0.1, 0.15) is 10.5 Å². The molecule has 0 aliphatic carbocycles. The smallest absolute Gasteiger partial charge is 0.270 e. The van der Waals surface area contributed by atoms with Gasteiger partial charge in [-0.3, -0.25) is 9.59 Å². The molecule has 3 heterocycles. The van der Waals surface area contributed by atoms with E-state index in [1.807, 2.05) is 36.4 Å². The van der Waals surface area contributed by atoms with E-state index in [0.29, 0.717) is 37.5 Å². The summed E-state index contributed by atoms with van der Waals surface area (Å²) < 4.78 is 11.5. The first-order valence-electron chi connectivity index (χ1n) is 9.13. The Bertz CT molecular complexity index is 974. The fourth-order valence-electron chi connectivity index (χ4n) is 3.27. The molecule has 1 fully saturated rings. The van der Waals surface area contributed by atoms with Gasteiger partial charge in [0, 0.05) is 37.3 Å². The van der Waals surface area contributed by atoms with Crippen molar-refractivity contribution in [3.63, 3.8) is 0 Å². The number of rotatable bonds is 5. The zero-order chi connectivity index (χ0) is 19.5. The highest BCUT2D eigenvalue weighted by Crippen LogP contribution is 2.28. The van der Waals surface area contributed by atoms with Gasteiger partial charge in [-0.15, -0.1) is 0 Å². The van der Waals surface area contributed by atoms with Crippen LogP contribution in [-0.4, -0.2) is 54.0 Å². The van der Waals surface area contributed by atoms with E-state index in [0.717, 1.165) is 16.8 Å². The molecule has 1 aromatic carbocycles. The van der Waals surface area contributed by atoms with Crippen molar-refractivity contribution in [1.82, 2.24) is 15.2 Å². The minimum Gasteiger partial charge on any atom is -0.454 e. The Hall–Kier alpha value is -3.32. The molecule has 144 valence electrons. The van der Waals surface area contributed by atoms with Gasteiger partial charge in [-0.2, -0.15) is 0 Å². The number of ether oxygens (including phenoxy) is 1. The van der Waals surface area contributed by atoms with Gasteiger partial charge in [-0.1, -0.05) is 36.9 Å². The van der Waals surface area contributed by atoms with Crippen LogP contribution < -0.4 is 5.32 Å². The molecular formula is C21H21N3O4. The molecule has 3 aromatic rings. The average Bonchev–Trinajstić information content (AvgIpc) is 3.32. The highest BCUT2D eigenvalue weighted by molar-refractivity contribution is 5.97. The lowest BCUT2D eigenvalue weighted by Gasteiger charge is -2.32. The van der Waals surface area contributed by atoms with Gasteiger partial charge in [0.25, 0.3) is 5.91 Å². The Labute approximate surface area is 162 Å². The van der Waals surface area contributed by atoms with Gasteiger partial charge < -0.3 is 24.4 Å². The molecule has 2 aromatic heterocycles. The first-order chi connectivity index (χ1) is 13.6. The van der Waals surface area contributed by atoms with Crippen LogP contribution >= 0.6 is 0 Å². The van der Waals surface area contributed by atoms with Gasteiger partial charge in [0.15, 0.2) is 5.58 Å². The predicted octanol–water partition coefficient (Wildman–Crippen LogP) is 2.57. The molecule has 0 spiro atoms. The number of carbonyl (C=O) groups excluding carboxylic acids is 2. The standard InChI is InChI=1S/C21H21N3O4/c1-2-20(25)22-12-15-13-24(8-9-27-15)21(26)17-11-19-16(23-17)10-18(28-19)14-6-4-3-5-7-14/h2-7,10-11,15,23H,1,8-9,12-13H2,(H,22,25)/t15-/m0/s1. The average molecular weight is 379 g/mol. The number of furan rings is 1. The SMILES string of the molecule is C=CC(=O)NC[C@H]1CN(C(=O)c2cc3oc(-c4ccccc4)cc3[nH]2)CCO1. The molecule has 28 heavy (non-hydrogen) atoms. The van der Waals surface area contributed by atoms with Crippen molar-refractivity contribution < 1.29 is 18.7 Å². The molecule has 4 rings (SSSR count). The fourth-order valence-corrected chi connectivity index (χ4v) is 3.27. The molecule has 1 aliphatic rings. The number of nitrogens with one attached hydrogen (secondary N) is 2. The molecule has 1 atom stereocenters. The molecule has 0 radical (unpaired) electrons. The summed E-state index contributed by atoms with van der Waals surface area (Å²) in [5, 5.41) is 2.70. The van der Waals surface area contributed by atoms with Gasteiger partial charge in [0.2, 0.25) is 5.91 Å². The molecule has 0 bridgehead atoms. The summed E-state index contributed by atoms with van der Waals surface area (Å²) in [4.78, 5) is 29.0. The van der Waals surface area contributed by atoms with Gasteiger partial charge in [0.05, 0.1) is 18.2 Å². The number of morpholine rings is 1. The van der Waals surface area contributed by atoms with E-state index < -0.39 is 0 Å². The van der Waals surface area contributed by atoms with Gasteiger partial charge in [0.1, 0.15) is 11.5 Å². The topological polar surface area (TPSA) is 87.6 Å². The number of fused-ring (bicyclic) bond motifs is 1. The van der Waals surface area contributed by atoms with Crippen LogP contribution in [-0.2, 0) is 9.53 Å². The Morgan fingerprint density at radius 2 is 2.11 bits per heavy atom. The number of nitrogens with zero attached hydrogens (tertiary/aromatic N) is 1. The molecule has 7 nitrogen and oxygen atoms in total. The van der Waals surface area contributed by atoms with Crippen LogP contribution in [0.4, 0.5) is 0 Å². The number of amides is 2. The second-order valence-corrected chi connectivity index (χ2v) is 6.63. The molecule has 7 heteroatoms. The van der Waals surface area contributed by atoms with Gasteiger partial charge >= 0.3 is 0 Å². The van der Waals surface area contributed by atoms with E-state index in [1.165, 1.54) is 6.08 Å². The van der Waals surface area contributed by atoms with E-state index in [4.69, 9.17) is 9.15 Å². The van der Waals surface area contributed by atoms with Crippen LogP contribution in [0.25, 0.3) is 22.4 Å². The number of benzene rings is 1. The molecule has 1 aliphatic heterocycles. The van der Waals surface area contributed by atoms with Crippen molar-refractivity contribution in [2.24, 2.45) is 0 Å². The zero-order valence-corrected chi connectivity index (χ0v) is 15.3. The summed E-state index contributed by atoms with van der Waals surface area (Å²) in [6.07, 6.45) is 0.966. The number of aromatic amines is 1. The second kappa shape index (κ2) is 7.74. The molecule has 2 amide bonds. The van der Waals surface area contributed by atoms with Crippen LogP contribution in [0.5, 0.6) is 0 Å². The van der Waals surface area contributed by atoms with Crippen molar-refractivity contribution in [3.05, 3.63) is 60.8 Å². The normalized spacial score (nSPS) is 16.9. The Balaban J connectivity index is 1.45. The van der Waals surface area contributed by atoms with E-state index in [-0.39, 0.29) is 17.9 Å². The first kappa shape index (κ1) is 18.1. The van der Waals surface area contributed by atoms with Crippen LogP contribution in [0.2, 0.25) is 0 Å². The summed E-state index contributed by atoms with van der Waals surface area (Å²) in [5.74, 6) is 0.382. The van der Waals surface area contributed by atoms with E-state index in [2.05, 4.69) is 16.9 Å². The lowest BCUT2D eigenvalue weighted by Crippen LogP contribution is -2.49. The monoisotopic (exact) mass is 379 g/mol. The zero-order valence-electron chi connectivity index (χ0n) is 15.3. The maximum absolute atomic E-state index is 12.9. The molecule has 2 N–H and O–H groups in total. The summed E-state index contributed by atoms with van der Waals surface area (Å²) in [6, 6.07) is 13.4. The Morgan fingerprint density at radius 1 is 1.29 bits per heavy atom. The van der Waals surface area contributed by atoms with Crippen LogP contribution in [0.15, 0.2) is 59.5 Å². The van der Waals surface area contributed by atoms with Crippen LogP contribution in [0, 0.1) is 0 Å². The number of aromatic nitrogens is 1. The Morgan fingerprint density at radius 3 is 2.86 bits per heavy atom. The summed E-state index contributed by atoms with van der Waals surface area (Å²) in [5.41, 5.74) is 2.89. The Kier molecular flexibility index (Phi) is 4.99. The lowest BCUT2D eigenvalue weighted by atomic mass is 10.2. The third-order valence-corrected chi connectivity index (χ3v) is 4.71. The summed E-state index contributed by atoms with van der Waals surface area (Å²) in [7, 11) is 0. The lowest BCUT2D eigenvalue weighted by molar-refractivity contribution is -0.117. The number of carbonyl (C=O) groups is 2. The van der Waals surface area contributed by atoms with Crippen LogP contribution in [0.3, 0.4) is 0 Å². The summed E-state index contributed by atoms with van der Waals surface area (Å²) >= 11 is 0. The molecule has 0 unspecified atom stereocenters. The molecule has 1 saturated heterocycles. The van der Waals surface area contributed by atoms with Crippen molar-refractivity contribution in [2.45, 2.75) is 6.10 Å². The van der Waals surface area contributed by atoms with Crippen molar-refractivity contribution in [2.75, 3.05) is 26.2 Å². The predicted molar refractivity (Wildman–Crippen MR) is 105 cm³/mol. The van der Waals surface area contributed by atoms with E-state index in [1.54, 1.807) is 11.0 Å². The van der Waals surface area contributed by atoms with E-state index in [9.17, 15) is 9.59 Å². The number of hydrogen-bond donors (Lipinski definition) is 2. The molecular weight excluding hydrogens is 358 g/mol. The van der Waals surface area contributed by atoms with Crippen molar-refractivity contribution in [3.8, 4) is 11.3 Å². The largest absolute Gasteiger partial charge is 0.454 e. The number of H-pyrrole nitrogens is 1. The minimum atomic E-state index is -0.258. The third kappa shape index (κ3) is 3.70. The highest BCUT2D eigenvalue weighted by Gasteiger charge is 2.26. The van der Waals surface area contributed by atoms with E-state index >= 15 is 0 Å².